The number of hydrogen-bond acceptors (Lipinski definition) is 5. The molecule has 0 bridgehead atoms. The molecule has 1 aliphatic heterocycles. The van der Waals surface area contributed by atoms with E-state index in [4.69, 9.17) is 9.52 Å². The molecular weight excluding hydrogens is 364 g/mol. The van der Waals surface area contributed by atoms with Crippen molar-refractivity contribution in [1.82, 2.24) is 20.8 Å². The van der Waals surface area contributed by atoms with Gasteiger partial charge in [-0.05, 0) is 44.7 Å². The highest BCUT2D eigenvalue weighted by Crippen LogP contribution is 2.22. The highest BCUT2D eigenvalue weighted by molar-refractivity contribution is 5.80. The summed E-state index contributed by atoms with van der Waals surface area (Å²) in [5.41, 5.74) is 1.04. The number of pyridine rings is 1. The van der Waals surface area contributed by atoms with Crippen LogP contribution in [0.5, 0.6) is 0 Å². The Bertz CT molecular complexity index is 748. The number of nitrogens with zero attached hydrogens (tertiary/aromatic N) is 4. The van der Waals surface area contributed by atoms with Crippen molar-refractivity contribution >= 4 is 11.8 Å². The van der Waals surface area contributed by atoms with Crippen LogP contribution in [0.25, 0.3) is 0 Å². The molecule has 29 heavy (non-hydrogen) atoms. The second-order valence-corrected chi connectivity index (χ2v) is 7.52. The summed E-state index contributed by atoms with van der Waals surface area (Å²) in [6.45, 7) is 9.77. The third kappa shape index (κ3) is 5.95. The fourth-order valence-electron chi connectivity index (χ4n) is 3.77. The minimum absolute atomic E-state index is 0.405. The van der Waals surface area contributed by atoms with E-state index in [2.05, 4.69) is 58.6 Å². The second-order valence-electron chi connectivity index (χ2n) is 7.52. The van der Waals surface area contributed by atoms with Crippen molar-refractivity contribution in [3.8, 4) is 0 Å². The van der Waals surface area contributed by atoms with Gasteiger partial charge in [0.1, 0.15) is 12.4 Å². The van der Waals surface area contributed by atoms with E-state index >= 15 is 0 Å². The van der Waals surface area contributed by atoms with Gasteiger partial charge in [-0.15, -0.1) is 0 Å². The maximum absolute atomic E-state index is 5.50. The van der Waals surface area contributed by atoms with Crippen LogP contribution < -0.4 is 15.5 Å². The zero-order valence-corrected chi connectivity index (χ0v) is 17.9. The van der Waals surface area contributed by atoms with E-state index in [0.29, 0.717) is 18.5 Å². The van der Waals surface area contributed by atoms with Gasteiger partial charge in [0.2, 0.25) is 0 Å². The van der Waals surface area contributed by atoms with Crippen molar-refractivity contribution in [2.75, 3.05) is 24.5 Å². The molecule has 0 saturated carbocycles. The third-order valence-corrected chi connectivity index (χ3v) is 5.53. The lowest BCUT2D eigenvalue weighted by molar-refractivity contribution is 0.372. The van der Waals surface area contributed by atoms with Gasteiger partial charge >= 0.3 is 0 Å². The molecule has 0 aromatic carbocycles. The number of anilines is 1. The quantitative estimate of drug-likeness (QED) is 0.521. The number of aliphatic imine (C=N–C) groups is 1. The molecule has 2 N–H and O–H groups in total. The molecule has 3 heterocycles. The van der Waals surface area contributed by atoms with Crippen LogP contribution in [0.2, 0.25) is 0 Å². The monoisotopic (exact) mass is 398 g/mol. The van der Waals surface area contributed by atoms with Crippen LogP contribution in [-0.2, 0) is 6.54 Å². The van der Waals surface area contributed by atoms with Gasteiger partial charge in [0.25, 0.3) is 0 Å². The van der Waals surface area contributed by atoms with Gasteiger partial charge in [-0.3, -0.25) is 0 Å². The Morgan fingerprint density at radius 1 is 1.24 bits per heavy atom. The first-order valence-corrected chi connectivity index (χ1v) is 10.9. The van der Waals surface area contributed by atoms with Crippen LogP contribution >= 0.6 is 0 Å². The molecule has 0 amide bonds. The van der Waals surface area contributed by atoms with Crippen molar-refractivity contribution in [1.29, 1.82) is 0 Å². The van der Waals surface area contributed by atoms with Crippen molar-refractivity contribution in [3.63, 3.8) is 0 Å². The Balaban J connectivity index is 1.53. The predicted octanol–water partition coefficient (Wildman–Crippen LogP) is 3.70. The van der Waals surface area contributed by atoms with E-state index < -0.39 is 0 Å². The summed E-state index contributed by atoms with van der Waals surface area (Å²) in [4.78, 5) is 11.5. The van der Waals surface area contributed by atoms with Crippen LogP contribution in [0.1, 0.15) is 63.8 Å². The van der Waals surface area contributed by atoms with Crippen LogP contribution in [0.15, 0.2) is 40.0 Å². The van der Waals surface area contributed by atoms with Crippen LogP contribution in [0, 0.1) is 0 Å². The van der Waals surface area contributed by atoms with Gasteiger partial charge in [0.05, 0.1) is 5.69 Å². The fraction of sp³-hybridized carbons (Fsp3) is 0.591. The molecule has 158 valence electrons. The molecule has 0 atom stereocenters. The summed E-state index contributed by atoms with van der Waals surface area (Å²) < 4.78 is 5.50. The van der Waals surface area contributed by atoms with E-state index in [1.165, 1.54) is 0 Å². The van der Waals surface area contributed by atoms with Crippen molar-refractivity contribution in [3.05, 3.63) is 41.9 Å². The number of hydrogen-bond donors (Lipinski definition) is 2. The van der Waals surface area contributed by atoms with E-state index in [1.54, 1.807) is 0 Å². The third-order valence-electron chi connectivity index (χ3n) is 5.53. The first kappa shape index (κ1) is 21.1. The first-order chi connectivity index (χ1) is 14.2. The average Bonchev–Trinajstić information content (AvgIpc) is 3.23. The molecule has 3 rings (SSSR count). The largest absolute Gasteiger partial charge is 0.359 e. The zero-order valence-electron chi connectivity index (χ0n) is 17.9. The molecule has 1 aliphatic rings. The second kappa shape index (κ2) is 10.8. The molecule has 1 saturated heterocycles. The summed E-state index contributed by atoms with van der Waals surface area (Å²) in [6.07, 6.45) is 6.12. The highest BCUT2D eigenvalue weighted by Gasteiger charge is 2.21. The topological polar surface area (TPSA) is 78.6 Å². The predicted molar refractivity (Wildman–Crippen MR) is 117 cm³/mol. The Kier molecular flexibility index (Phi) is 7.90. The summed E-state index contributed by atoms with van der Waals surface area (Å²) >= 11 is 0. The lowest BCUT2D eigenvalue weighted by Gasteiger charge is -2.33. The summed E-state index contributed by atoms with van der Waals surface area (Å²) in [5.74, 6) is 3.18. The minimum Gasteiger partial charge on any atom is -0.359 e. The molecule has 1 fully saturated rings. The van der Waals surface area contributed by atoms with E-state index in [0.717, 1.165) is 68.5 Å². The summed E-state index contributed by atoms with van der Waals surface area (Å²) in [6, 6.07) is 8.53. The van der Waals surface area contributed by atoms with Crippen molar-refractivity contribution < 1.29 is 4.52 Å². The Labute approximate surface area is 174 Å². The van der Waals surface area contributed by atoms with Crippen LogP contribution in [-0.4, -0.2) is 41.8 Å². The molecular formula is C22H34N6O. The number of nitrogens with one attached hydrogen (secondary N) is 2. The Morgan fingerprint density at radius 3 is 2.69 bits per heavy atom. The normalized spacial score (nSPS) is 15.7. The van der Waals surface area contributed by atoms with Crippen LogP contribution in [0.3, 0.4) is 0 Å². The molecule has 2 aromatic rings. The molecule has 0 unspecified atom stereocenters. The van der Waals surface area contributed by atoms with Crippen LogP contribution in [0.4, 0.5) is 5.82 Å². The van der Waals surface area contributed by atoms with Gasteiger partial charge in [0, 0.05) is 43.9 Å². The number of rotatable bonds is 8. The maximum atomic E-state index is 5.50. The van der Waals surface area contributed by atoms with E-state index in [9.17, 15) is 0 Å². The smallest absolute Gasteiger partial charge is 0.191 e. The van der Waals surface area contributed by atoms with Gasteiger partial charge < -0.3 is 20.1 Å². The molecule has 0 radical (unpaired) electrons. The molecule has 0 spiro atoms. The lowest BCUT2D eigenvalue weighted by atomic mass is 9.99. The van der Waals surface area contributed by atoms with E-state index in [-0.39, 0.29) is 0 Å². The molecule has 7 nitrogen and oxygen atoms in total. The maximum Gasteiger partial charge on any atom is 0.191 e. The summed E-state index contributed by atoms with van der Waals surface area (Å²) in [5, 5.41) is 11.2. The molecule has 2 aromatic heterocycles. The number of piperidine rings is 1. The van der Waals surface area contributed by atoms with Gasteiger partial charge in [0.15, 0.2) is 11.7 Å². The molecule has 7 heteroatoms. The standard InChI is InChI=1S/C22H34N6O/c1-4-17(5-2)20-15-19(29-27-20)16-25-22(23-6-3)26-18-10-13-28(14-11-18)21-9-7-8-12-24-21/h7-9,12,15,17-18H,4-6,10-11,13-14,16H2,1-3H3,(H2,23,25,26). The van der Waals surface area contributed by atoms with Crippen molar-refractivity contribution in [2.24, 2.45) is 4.99 Å². The van der Waals surface area contributed by atoms with Gasteiger partial charge in [-0.1, -0.05) is 25.1 Å². The Morgan fingerprint density at radius 2 is 2.03 bits per heavy atom. The molecule has 0 aliphatic carbocycles. The first-order valence-electron chi connectivity index (χ1n) is 10.9. The lowest BCUT2D eigenvalue weighted by Crippen LogP contribution is -2.48. The zero-order chi connectivity index (χ0) is 20.5. The fourth-order valence-corrected chi connectivity index (χ4v) is 3.77. The Hall–Kier alpha value is -2.57. The average molecular weight is 399 g/mol. The van der Waals surface area contributed by atoms with Gasteiger partial charge in [-0.25, -0.2) is 9.98 Å². The number of guanidine groups is 1. The highest BCUT2D eigenvalue weighted by atomic mass is 16.5. The number of aromatic nitrogens is 2. The summed E-state index contributed by atoms with van der Waals surface area (Å²) in [7, 11) is 0. The van der Waals surface area contributed by atoms with E-state index in [1.807, 2.05) is 18.3 Å². The van der Waals surface area contributed by atoms with Gasteiger partial charge in [-0.2, -0.15) is 0 Å². The minimum atomic E-state index is 0.405. The SMILES string of the molecule is CCNC(=NCc1cc(C(CC)CC)no1)NC1CCN(c2ccccn2)CC1. The van der Waals surface area contributed by atoms with Crippen molar-refractivity contribution in [2.45, 2.75) is 65.0 Å².